The highest BCUT2D eigenvalue weighted by Gasteiger charge is 2.27. The number of hydrogen-bond acceptors (Lipinski definition) is 5. The van der Waals surface area contributed by atoms with Crippen LogP contribution in [-0.2, 0) is 16.1 Å². The first-order valence-electron chi connectivity index (χ1n) is 7.51. The van der Waals surface area contributed by atoms with E-state index in [-0.39, 0.29) is 6.61 Å². The number of nitrogens with one attached hydrogen (secondary N) is 1. The first kappa shape index (κ1) is 19.5. The summed E-state index contributed by atoms with van der Waals surface area (Å²) in [4.78, 5) is 15.6. The van der Waals surface area contributed by atoms with Gasteiger partial charge in [0.25, 0.3) is 0 Å². The molecule has 0 saturated heterocycles. The van der Waals surface area contributed by atoms with Crippen molar-refractivity contribution in [1.82, 2.24) is 4.98 Å². The summed E-state index contributed by atoms with van der Waals surface area (Å²) >= 11 is 0. The molecule has 0 atom stereocenters. The van der Waals surface area contributed by atoms with Gasteiger partial charge in [-0.1, -0.05) is 0 Å². The van der Waals surface area contributed by atoms with Gasteiger partial charge in [0.2, 0.25) is 5.91 Å². The normalized spacial score (nSPS) is 11.1. The number of ether oxygens (including phenoxy) is 3. The minimum atomic E-state index is -4.48. The van der Waals surface area contributed by atoms with E-state index in [0.29, 0.717) is 17.2 Å². The average molecular weight is 370 g/mol. The number of anilines is 1. The number of halogens is 3. The van der Waals surface area contributed by atoms with Crippen molar-refractivity contribution in [3.05, 3.63) is 48.3 Å². The van der Waals surface area contributed by atoms with Crippen LogP contribution in [0.4, 0.5) is 18.9 Å². The topological polar surface area (TPSA) is 69.7 Å². The van der Waals surface area contributed by atoms with Crippen LogP contribution >= 0.6 is 0 Å². The third-order valence-corrected chi connectivity index (χ3v) is 3.09. The number of aromatic nitrogens is 1. The summed E-state index contributed by atoms with van der Waals surface area (Å²) in [5.74, 6) is 0.114. The second kappa shape index (κ2) is 9.04. The Hall–Kier alpha value is -2.81. The van der Waals surface area contributed by atoms with Gasteiger partial charge in [-0.2, -0.15) is 13.2 Å². The smallest absolute Gasteiger partial charge is 0.411 e. The van der Waals surface area contributed by atoms with Crippen LogP contribution in [0.15, 0.2) is 42.7 Å². The molecule has 140 valence electrons. The number of pyridine rings is 1. The molecule has 1 aromatic heterocycles. The van der Waals surface area contributed by atoms with Gasteiger partial charge in [0.15, 0.2) is 11.5 Å². The van der Waals surface area contributed by atoms with Crippen LogP contribution < -0.4 is 14.8 Å². The minimum Gasteiger partial charge on any atom is -0.493 e. The summed E-state index contributed by atoms with van der Waals surface area (Å²) in [6, 6.07) is 8.21. The Morgan fingerprint density at radius 1 is 1.15 bits per heavy atom. The third kappa shape index (κ3) is 6.60. The maximum atomic E-state index is 12.0. The van der Waals surface area contributed by atoms with Crippen molar-refractivity contribution in [2.45, 2.75) is 12.8 Å². The quantitative estimate of drug-likeness (QED) is 0.773. The van der Waals surface area contributed by atoms with E-state index in [0.717, 1.165) is 5.56 Å². The van der Waals surface area contributed by atoms with Gasteiger partial charge in [-0.3, -0.25) is 9.78 Å². The summed E-state index contributed by atoms with van der Waals surface area (Å²) in [5, 5.41) is 2.44. The van der Waals surface area contributed by atoms with Crippen LogP contribution in [0, 0.1) is 0 Å². The van der Waals surface area contributed by atoms with Crippen molar-refractivity contribution in [3.63, 3.8) is 0 Å². The van der Waals surface area contributed by atoms with Crippen molar-refractivity contribution in [2.24, 2.45) is 0 Å². The Balaban J connectivity index is 1.96. The van der Waals surface area contributed by atoms with E-state index in [1.165, 1.54) is 13.2 Å². The van der Waals surface area contributed by atoms with Gasteiger partial charge in [-0.05, 0) is 29.8 Å². The van der Waals surface area contributed by atoms with Crippen LogP contribution in [0.5, 0.6) is 11.5 Å². The summed E-state index contributed by atoms with van der Waals surface area (Å²) in [6.07, 6.45) is -1.21. The van der Waals surface area contributed by atoms with Gasteiger partial charge in [0, 0.05) is 24.1 Å². The van der Waals surface area contributed by atoms with Gasteiger partial charge in [0.1, 0.15) is 19.8 Å². The molecule has 0 saturated carbocycles. The van der Waals surface area contributed by atoms with Crippen LogP contribution in [0.3, 0.4) is 0 Å². The molecular formula is C17H17F3N2O4. The zero-order valence-corrected chi connectivity index (χ0v) is 13.9. The van der Waals surface area contributed by atoms with Crippen molar-refractivity contribution < 1.29 is 32.2 Å². The Morgan fingerprint density at radius 3 is 2.54 bits per heavy atom. The summed E-state index contributed by atoms with van der Waals surface area (Å²) < 4.78 is 51.2. The fraction of sp³-hybridized carbons (Fsp3) is 0.294. The van der Waals surface area contributed by atoms with Gasteiger partial charge < -0.3 is 19.5 Å². The van der Waals surface area contributed by atoms with Gasteiger partial charge in [0.05, 0.1) is 7.11 Å². The van der Waals surface area contributed by atoms with Gasteiger partial charge >= 0.3 is 6.18 Å². The van der Waals surface area contributed by atoms with Crippen LogP contribution in [0.2, 0.25) is 0 Å². The van der Waals surface area contributed by atoms with Crippen LogP contribution in [0.1, 0.15) is 5.56 Å². The Morgan fingerprint density at radius 2 is 1.88 bits per heavy atom. The predicted molar refractivity (Wildman–Crippen MR) is 87.1 cm³/mol. The lowest BCUT2D eigenvalue weighted by Crippen LogP contribution is -2.24. The van der Waals surface area contributed by atoms with E-state index < -0.39 is 25.3 Å². The molecule has 26 heavy (non-hydrogen) atoms. The lowest BCUT2D eigenvalue weighted by Gasteiger charge is -2.13. The highest BCUT2D eigenvalue weighted by molar-refractivity contribution is 5.92. The summed E-state index contributed by atoms with van der Waals surface area (Å²) in [5.41, 5.74) is 1.23. The molecule has 6 nitrogen and oxygen atoms in total. The Bertz CT molecular complexity index is 724. The number of methoxy groups -OCH3 is 1. The molecule has 2 aromatic rings. The summed E-state index contributed by atoms with van der Waals surface area (Å²) in [6.45, 7) is -1.94. The molecule has 0 radical (unpaired) electrons. The lowest BCUT2D eigenvalue weighted by atomic mass is 10.2. The fourth-order valence-corrected chi connectivity index (χ4v) is 1.96. The molecule has 0 aliphatic carbocycles. The number of nitrogens with zero attached hydrogens (tertiary/aromatic N) is 1. The molecule has 0 bridgehead atoms. The molecule has 0 aliphatic rings. The van der Waals surface area contributed by atoms with Gasteiger partial charge in [-0.25, -0.2) is 0 Å². The van der Waals surface area contributed by atoms with E-state index in [1.807, 2.05) is 0 Å². The Labute approximate surface area is 147 Å². The van der Waals surface area contributed by atoms with Crippen molar-refractivity contribution in [3.8, 4) is 11.5 Å². The number of amides is 1. The molecule has 1 amide bonds. The molecule has 0 unspecified atom stereocenters. The van der Waals surface area contributed by atoms with Crippen LogP contribution in [-0.4, -0.2) is 37.4 Å². The number of rotatable bonds is 8. The zero-order valence-electron chi connectivity index (χ0n) is 13.9. The molecule has 0 aliphatic heterocycles. The minimum absolute atomic E-state index is 0.255. The standard InChI is InChI=1S/C17H17F3N2O4/c1-24-14-3-2-13(22-16(23)10-25-11-17(18,19)20)8-15(14)26-9-12-4-6-21-7-5-12/h2-8H,9-11H2,1H3,(H,22,23). The number of benzene rings is 1. The number of hydrogen-bond donors (Lipinski definition) is 1. The van der Waals surface area contributed by atoms with E-state index in [2.05, 4.69) is 15.0 Å². The third-order valence-electron chi connectivity index (χ3n) is 3.09. The first-order chi connectivity index (χ1) is 12.4. The molecule has 1 aromatic carbocycles. The monoisotopic (exact) mass is 370 g/mol. The second-order valence-electron chi connectivity index (χ2n) is 5.17. The Kier molecular flexibility index (Phi) is 6.79. The highest BCUT2D eigenvalue weighted by Crippen LogP contribution is 2.31. The number of carbonyl (C=O) groups is 1. The lowest BCUT2D eigenvalue weighted by molar-refractivity contribution is -0.174. The second-order valence-corrected chi connectivity index (χ2v) is 5.17. The van der Waals surface area contributed by atoms with Crippen molar-refractivity contribution in [2.75, 3.05) is 25.6 Å². The molecular weight excluding hydrogens is 353 g/mol. The fourth-order valence-electron chi connectivity index (χ4n) is 1.96. The maximum Gasteiger partial charge on any atom is 0.411 e. The first-order valence-corrected chi connectivity index (χ1v) is 7.51. The zero-order chi connectivity index (χ0) is 19.0. The van der Waals surface area contributed by atoms with E-state index in [4.69, 9.17) is 9.47 Å². The molecule has 2 rings (SSSR count). The van der Waals surface area contributed by atoms with Crippen LogP contribution in [0.25, 0.3) is 0 Å². The van der Waals surface area contributed by atoms with E-state index in [1.54, 1.807) is 36.7 Å². The number of alkyl halides is 3. The summed E-state index contributed by atoms with van der Waals surface area (Å²) in [7, 11) is 1.47. The molecule has 0 fully saturated rings. The SMILES string of the molecule is COc1ccc(NC(=O)COCC(F)(F)F)cc1OCc1ccncc1. The number of carbonyl (C=O) groups excluding carboxylic acids is 1. The van der Waals surface area contributed by atoms with Gasteiger partial charge in [-0.15, -0.1) is 0 Å². The highest BCUT2D eigenvalue weighted by atomic mass is 19.4. The van der Waals surface area contributed by atoms with E-state index >= 15 is 0 Å². The average Bonchev–Trinajstić information content (AvgIpc) is 2.60. The molecule has 0 spiro atoms. The van der Waals surface area contributed by atoms with Crippen molar-refractivity contribution >= 4 is 11.6 Å². The molecule has 1 N–H and O–H groups in total. The maximum absolute atomic E-state index is 12.0. The molecule has 9 heteroatoms. The van der Waals surface area contributed by atoms with E-state index in [9.17, 15) is 18.0 Å². The predicted octanol–water partition coefficient (Wildman–Crippen LogP) is 3.19. The largest absolute Gasteiger partial charge is 0.493 e. The molecule has 1 heterocycles. The van der Waals surface area contributed by atoms with Crippen molar-refractivity contribution in [1.29, 1.82) is 0 Å².